The Hall–Kier alpha value is -2.90. The van der Waals surface area contributed by atoms with Crippen LogP contribution in [0.2, 0.25) is 0 Å². The Labute approximate surface area is 170 Å². The number of nitrogens with zero attached hydrogens (tertiary/aromatic N) is 1. The first-order chi connectivity index (χ1) is 13.9. The molecule has 0 saturated heterocycles. The number of benzene rings is 2. The van der Waals surface area contributed by atoms with E-state index in [9.17, 15) is 13.2 Å². The lowest BCUT2D eigenvalue weighted by molar-refractivity contribution is 0.0944. The van der Waals surface area contributed by atoms with Crippen LogP contribution in [0.25, 0.3) is 5.69 Å². The second-order valence-corrected chi connectivity index (χ2v) is 8.98. The quantitative estimate of drug-likeness (QED) is 0.635. The lowest BCUT2D eigenvalue weighted by Gasteiger charge is -2.11. The molecule has 1 aliphatic carbocycles. The highest BCUT2D eigenvalue weighted by Gasteiger charge is 2.21. The summed E-state index contributed by atoms with van der Waals surface area (Å²) in [5.74, 6) is -0.495. The van der Waals surface area contributed by atoms with Crippen LogP contribution in [0.5, 0.6) is 0 Å². The first-order valence-electron chi connectivity index (χ1n) is 9.55. The molecule has 0 spiro atoms. The third-order valence-corrected chi connectivity index (χ3v) is 6.61. The van der Waals surface area contributed by atoms with Crippen molar-refractivity contribution in [1.29, 1.82) is 0 Å². The number of aryl methyl sites for hydroxylation is 3. The van der Waals surface area contributed by atoms with Crippen molar-refractivity contribution in [3.63, 3.8) is 0 Å². The number of rotatable bonds is 5. The summed E-state index contributed by atoms with van der Waals surface area (Å²) >= 11 is 0. The number of hydrogen-bond acceptors (Lipinski definition) is 3. The summed E-state index contributed by atoms with van der Waals surface area (Å²) in [5.41, 5.74) is 7.60. The fourth-order valence-corrected chi connectivity index (χ4v) is 4.81. The fraction of sp³-hybridized carbons (Fsp3) is 0.227. The number of carbonyl (C=O) groups is 1. The van der Waals surface area contributed by atoms with Crippen molar-refractivity contribution in [1.82, 2.24) is 14.8 Å². The predicted molar refractivity (Wildman–Crippen MR) is 111 cm³/mol. The van der Waals surface area contributed by atoms with E-state index >= 15 is 0 Å². The number of amides is 1. The summed E-state index contributed by atoms with van der Waals surface area (Å²) in [5, 5.41) is 0. The van der Waals surface area contributed by atoms with Gasteiger partial charge in [0.1, 0.15) is 0 Å². The molecule has 6 nitrogen and oxygen atoms in total. The third kappa shape index (κ3) is 3.71. The van der Waals surface area contributed by atoms with Gasteiger partial charge in [-0.3, -0.25) is 10.2 Å². The van der Waals surface area contributed by atoms with Gasteiger partial charge in [0.25, 0.3) is 15.9 Å². The van der Waals surface area contributed by atoms with Crippen LogP contribution in [0.15, 0.2) is 59.5 Å². The second-order valence-electron chi connectivity index (χ2n) is 7.30. The maximum atomic E-state index is 12.7. The standard InChI is InChI=1S/C22H23N3O3S/c1-15-13-21(16(2)25(15)19-9-4-3-5-10-19)22(26)23-24-29(27,28)20-12-11-17-7-6-8-18(17)14-20/h3-5,9-14,24H,6-8H2,1-2H3,(H,23,26). The monoisotopic (exact) mass is 409 g/mol. The summed E-state index contributed by atoms with van der Waals surface area (Å²) in [4.78, 5) is 15.1. The highest BCUT2D eigenvalue weighted by atomic mass is 32.2. The normalized spacial score (nSPS) is 13.3. The summed E-state index contributed by atoms with van der Waals surface area (Å²) < 4.78 is 27.2. The fourth-order valence-electron chi connectivity index (χ4n) is 3.92. The Morgan fingerprint density at radius 1 is 0.966 bits per heavy atom. The topological polar surface area (TPSA) is 80.2 Å². The van der Waals surface area contributed by atoms with Gasteiger partial charge >= 0.3 is 0 Å². The van der Waals surface area contributed by atoms with Crippen molar-refractivity contribution in [3.8, 4) is 5.69 Å². The SMILES string of the molecule is Cc1cc(C(=O)NNS(=O)(=O)c2ccc3c(c2)CCC3)c(C)n1-c1ccccc1. The van der Waals surface area contributed by atoms with Gasteiger partial charge in [0.05, 0.1) is 10.5 Å². The van der Waals surface area contributed by atoms with Crippen LogP contribution >= 0.6 is 0 Å². The van der Waals surface area contributed by atoms with Crippen LogP contribution in [0, 0.1) is 13.8 Å². The molecular formula is C22H23N3O3S. The van der Waals surface area contributed by atoms with Gasteiger partial charge in [-0.2, -0.15) is 0 Å². The minimum Gasteiger partial charge on any atom is -0.318 e. The summed E-state index contributed by atoms with van der Waals surface area (Å²) in [6.07, 6.45) is 2.91. The number of hydrogen-bond donors (Lipinski definition) is 2. The van der Waals surface area contributed by atoms with Gasteiger partial charge in [-0.05, 0) is 74.6 Å². The molecule has 7 heteroatoms. The third-order valence-electron chi connectivity index (χ3n) is 5.37. The molecule has 1 aliphatic rings. The van der Waals surface area contributed by atoms with Crippen molar-refractivity contribution in [2.45, 2.75) is 38.0 Å². The minimum atomic E-state index is -3.84. The van der Waals surface area contributed by atoms with Gasteiger partial charge in [-0.1, -0.05) is 24.3 Å². The molecule has 1 amide bonds. The van der Waals surface area contributed by atoms with Crippen molar-refractivity contribution < 1.29 is 13.2 Å². The highest BCUT2D eigenvalue weighted by molar-refractivity contribution is 7.89. The van der Waals surface area contributed by atoms with Crippen LogP contribution in [0.4, 0.5) is 0 Å². The zero-order valence-corrected chi connectivity index (χ0v) is 17.2. The largest absolute Gasteiger partial charge is 0.318 e. The molecule has 0 unspecified atom stereocenters. The summed E-state index contributed by atoms with van der Waals surface area (Å²) in [6, 6.07) is 16.6. The van der Waals surface area contributed by atoms with Gasteiger partial charge in [0.2, 0.25) is 0 Å². The number of carbonyl (C=O) groups excluding carboxylic acids is 1. The molecule has 0 atom stereocenters. The van der Waals surface area contributed by atoms with E-state index in [1.807, 2.05) is 54.8 Å². The predicted octanol–water partition coefficient (Wildman–Crippen LogP) is 3.21. The van der Waals surface area contributed by atoms with Crippen LogP contribution in [0.3, 0.4) is 0 Å². The van der Waals surface area contributed by atoms with Gasteiger partial charge in [0, 0.05) is 17.1 Å². The van der Waals surface area contributed by atoms with E-state index in [2.05, 4.69) is 10.3 Å². The van der Waals surface area contributed by atoms with Crippen molar-refractivity contribution in [2.24, 2.45) is 0 Å². The molecular weight excluding hydrogens is 386 g/mol. The molecule has 3 aromatic rings. The first kappa shape index (κ1) is 19.4. The molecule has 150 valence electrons. The molecule has 0 saturated carbocycles. The number of hydrazine groups is 1. The molecule has 0 bridgehead atoms. The average molecular weight is 410 g/mol. The maximum absolute atomic E-state index is 12.7. The lowest BCUT2D eigenvalue weighted by atomic mass is 10.1. The van der Waals surface area contributed by atoms with Gasteiger partial charge in [-0.25, -0.2) is 8.42 Å². The number of aromatic nitrogens is 1. The molecule has 0 aliphatic heterocycles. The highest BCUT2D eigenvalue weighted by Crippen LogP contribution is 2.25. The van der Waals surface area contributed by atoms with Crippen LogP contribution in [-0.2, 0) is 22.9 Å². The van der Waals surface area contributed by atoms with Crippen molar-refractivity contribution in [2.75, 3.05) is 0 Å². The van der Waals surface area contributed by atoms with E-state index in [1.54, 1.807) is 18.2 Å². The van der Waals surface area contributed by atoms with Gasteiger partial charge in [-0.15, -0.1) is 4.83 Å². The smallest absolute Gasteiger partial charge is 0.268 e. The van der Waals surface area contributed by atoms with Gasteiger partial charge in [0.15, 0.2) is 0 Å². The number of fused-ring (bicyclic) bond motifs is 1. The minimum absolute atomic E-state index is 0.160. The lowest BCUT2D eigenvalue weighted by Crippen LogP contribution is -2.41. The second kappa shape index (κ2) is 7.50. The number of nitrogens with one attached hydrogen (secondary N) is 2. The zero-order chi connectivity index (χ0) is 20.6. The van der Waals surface area contributed by atoms with E-state index in [4.69, 9.17) is 0 Å². The molecule has 4 rings (SSSR count). The van der Waals surface area contributed by atoms with E-state index in [-0.39, 0.29) is 4.90 Å². The van der Waals surface area contributed by atoms with E-state index < -0.39 is 15.9 Å². The molecule has 29 heavy (non-hydrogen) atoms. The molecule has 0 radical (unpaired) electrons. The van der Waals surface area contributed by atoms with Crippen molar-refractivity contribution in [3.05, 3.63) is 82.7 Å². The zero-order valence-electron chi connectivity index (χ0n) is 16.4. The molecule has 1 aromatic heterocycles. The van der Waals surface area contributed by atoms with Crippen LogP contribution in [-0.4, -0.2) is 18.9 Å². The summed E-state index contributed by atoms with van der Waals surface area (Å²) in [7, 11) is -3.84. The summed E-state index contributed by atoms with van der Waals surface area (Å²) in [6.45, 7) is 3.75. The maximum Gasteiger partial charge on any atom is 0.268 e. The van der Waals surface area contributed by atoms with Crippen molar-refractivity contribution >= 4 is 15.9 Å². The van der Waals surface area contributed by atoms with E-state index in [0.717, 1.165) is 41.9 Å². The Morgan fingerprint density at radius 3 is 2.45 bits per heavy atom. The molecule has 1 heterocycles. The molecule has 0 fully saturated rings. The Balaban J connectivity index is 1.53. The Morgan fingerprint density at radius 2 is 1.69 bits per heavy atom. The van der Waals surface area contributed by atoms with Crippen LogP contribution < -0.4 is 10.3 Å². The Bertz CT molecular complexity index is 1180. The first-order valence-corrected chi connectivity index (χ1v) is 11.0. The van der Waals surface area contributed by atoms with E-state index in [0.29, 0.717) is 5.56 Å². The van der Waals surface area contributed by atoms with E-state index in [1.165, 1.54) is 5.56 Å². The Kier molecular flexibility index (Phi) is 5.02. The molecule has 2 aromatic carbocycles. The van der Waals surface area contributed by atoms with Gasteiger partial charge < -0.3 is 4.57 Å². The van der Waals surface area contributed by atoms with Crippen LogP contribution in [0.1, 0.15) is 39.3 Å². The average Bonchev–Trinajstić information content (AvgIpc) is 3.30. The number of sulfonamides is 1. The molecule has 2 N–H and O–H groups in total. The number of para-hydroxylation sites is 1.